The lowest BCUT2D eigenvalue weighted by Gasteiger charge is -2.06. The number of hydrogen-bond donors (Lipinski definition) is 0. The second kappa shape index (κ2) is 4.38. The summed E-state index contributed by atoms with van der Waals surface area (Å²) in [5, 5.41) is 0.607. The van der Waals surface area contributed by atoms with E-state index < -0.39 is 0 Å². The lowest BCUT2D eigenvalue weighted by atomic mass is 10.2. The molecule has 3 aromatic rings. The van der Waals surface area contributed by atoms with E-state index in [1.165, 1.54) is 0 Å². The van der Waals surface area contributed by atoms with Crippen molar-refractivity contribution in [3.05, 3.63) is 69.7 Å². The molecule has 2 aromatic carbocycles. The van der Waals surface area contributed by atoms with Crippen LogP contribution in [-0.4, -0.2) is 9.55 Å². The standard InChI is InChI=1S/C14H9BrN2O/c15-10-6-7-13-12(8-10)14(18)17(9-16-13)11-4-2-1-3-5-11/h1-9H. The number of rotatable bonds is 1. The maximum absolute atomic E-state index is 12.4. The minimum atomic E-state index is -0.0625. The highest BCUT2D eigenvalue weighted by atomic mass is 79.9. The topological polar surface area (TPSA) is 34.9 Å². The predicted molar refractivity (Wildman–Crippen MR) is 75.0 cm³/mol. The fourth-order valence-corrected chi connectivity index (χ4v) is 2.23. The van der Waals surface area contributed by atoms with E-state index in [1.54, 1.807) is 17.0 Å². The molecule has 0 atom stereocenters. The smallest absolute Gasteiger partial charge is 0.265 e. The van der Waals surface area contributed by atoms with Crippen molar-refractivity contribution < 1.29 is 0 Å². The maximum atomic E-state index is 12.4. The molecule has 0 aliphatic carbocycles. The van der Waals surface area contributed by atoms with E-state index in [9.17, 15) is 4.79 Å². The van der Waals surface area contributed by atoms with E-state index >= 15 is 0 Å². The Hall–Kier alpha value is -1.94. The number of hydrogen-bond acceptors (Lipinski definition) is 2. The number of aromatic nitrogens is 2. The zero-order valence-electron chi connectivity index (χ0n) is 9.38. The Balaban J connectivity index is 2.33. The summed E-state index contributed by atoms with van der Waals surface area (Å²) in [5.74, 6) is 0. The molecule has 0 N–H and O–H groups in total. The summed E-state index contributed by atoms with van der Waals surface area (Å²) in [4.78, 5) is 16.7. The molecule has 0 amide bonds. The van der Waals surface area contributed by atoms with E-state index in [4.69, 9.17) is 0 Å². The van der Waals surface area contributed by atoms with Gasteiger partial charge in [0, 0.05) is 4.47 Å². The normalized spacial score (nSPS) is 10.7. The zero-order chi connectivity index (χ0) is 12.5. The Morgan fingerprint density at radius 3 is 2.61 bits per heavy atom. The van der Waals surface area contributed by atoms with Gasteiger partial charge in [0.15, 0.2) is 0 Å². The van der Waals surface area contributed by atoms with Crippen LogP contribution in [0.5, 0.6) is 0 Å². The summed E-state index contributed by atoms with van der Waals surface area (Å²) in [7, 11) is 0. The van der Waals surface area contributed by atoms with E-state index in [-0.39, 0.29) is 5.56 Å². The van der Waals surface area contributed by atoms with Crippen LogP contribution in [0.25, 0.3) is 16.6 Å². The summed E-state index contributed by atoms with van der Waals surface area (Å²) in [6.45, 7) is 0. The molecule has 0 saturated heterocycles. The third kappa shape index (κ3) is 1.84. The molecule has 18 heavy (non-hydrogen) atoms. The number of nitrogens with zero attached hydrogens (tertiary/aromatic N) is 2. The van der Waals surface area contributed by atoms with Crippen molar-refractivity contribution in [2.45, 2.75) is 0 Å². The van der Waals surface area contributed by atoms with Gasteiger partial charge in [-0.15, -0.1) is 0 Å². The van der Waals surface area contributed by atoms with Crippen molar-refractivity contribution in [1.29, 1.82) is 0 Å². The maximum Gasteiger partial charge on any atom is 0.265 e. The first kappa shape index (κ1) is 11.2. The van der Waals surface area contributed by atoms with Gasteiger partial charge in [-0.1, -0.05) is 34.1 Å². The van der Waals surface area contributed by atoms with Gasteiger partial charge in [0.1, 0.15) is 6.33 Å². The molecule has 4 heteroatoms. The highest BCUT2D eigenvalue weighted by Crippen LogP contribution is 2.15. The van der Waals surface area contributed by atoms with Crippen molar-refractivity contribution in [3.63, 3.8) is 0 Å². The van der Waals surface area contributed by atoms with E-state index in [1.807, 2.05) is 42.5 Å². The minimum absolute atomic E-state index is 0.0625. The van der Waals surface area contributed by atoms with Gasteiger partial charge in [-0.2, -0.15) is 0 Å². The molecule has 3 rings (SSSR count). The van der Waals surface area contributed by atoms with Crippen LogP contribution in [0.3, 0.4) is 0 Å². The Bertz CT molecular complexity index is 766. The van der Waals surface area contributed by atoms with Crippen LogP contribution in [0, 0.1) is 0 Å². The van der Waals surface area contributed by atoms with E-state index in [2.05, 4.69) is 20.9 Å². The van der Waals surface area contributed by atoms with Crippen LogP contribution in [0.15, 0.2) is 64.1 Å². The predicted octanol–water partition coefficient (Wildman–Crippen LogP) is 3.15. The number of halogens is 1. The van der Waals surface area contributed by atoms with Crippen LogP contribution in [0.1, 0.15) is 0 Å². The van der Waals surface area contributed by atoms with Crippen LogP contribution in [-0.2, 0) is 0 Å². The SMILES string of the molecule is O=c1c2cc(Br)ccc2ncn1-c1ccccc1. The summed E-state index contributed by atoms with van der Waals surface area (Å²) in [6, 6.07) is 15.0. The zero-order valence-corrected chi connectivity index (χ0v) is 11.0. The summed E-state index contributed by atoms with van der Waals surface area (Å²) in [5.41, 5.74) is 1.46. The summed E-state index contributed by atoms with van der Waals surface area (Å²) in [6.07, 6.45) is 1.56. The molecule has 1 heterocycles. The van der Waals surface area contributed by atoms with Gasteiger partial charge in [-0.3, -0.25) is 9.36 Å². The van der Waals surface area contributed by atoms with Crippen LogP contribution >= 0.6 is 15.9 Å². The lowest BCUT2D eigenvalue weighted by molar-refractivity contribution is 0.963. The Kier molecular flexibility index (Phi) is 2.72. The van der Waals surface area contributed by atoms with Crippen molar-refractivity contribution in [2.24, 2.45) is 0 Å². The molecule has 3 nitrogen and oxygen atoms in total. The van der Waals surface area contributed by atoms with Crippen LogP contribution in [0.4, 0.5) is 0 Å². The van der Waals surface area contributed by atoms with Crippen LogP contribution < -0.4 is 5.56 Å². The van der Waals surface area contributed by atoms with Gasteiger partial charge in [0.2, 0.25) is 0 Å². The fraction of sp³-hybridized carbons (Fsp3) is 0. The monoisotopic (exact) mass is 300 g/mol. The Labute approximate surface area is 112 Å². The highest BCUT2D eigenvalue weighted by Gasteiger charge is 2.05. The van der Waals surface area contributed by atoms with Gasteiger partial charge < -0.3 is 0 Å². The van der Waals surface area contributed by atoms with Crippen molar-refractivity contribution in [2.75, 3.05) is 0 Å². The molecule has 0 spiro atoms. The first-order valence-corrected chi connectivity index (χ1v) is 6.27. The second-order valence-electron chi connectivity index (χ2n) is 3.92. The minimum Gasteiger partial charge on any atom is -0.268 e. The molecular formula is C14H9BrN2O. The van der Waals surface area contributed by atoms with Crippen molar-refractivity contribution in [3.8, 4) is 5.69 Å². The largest absolute Gasteiger partial charge is 0.268 e. The number of fused-ring (bicyclic) bond motifs is 1. The Morgan fingerprint density at radius 2 is 1.83 bits per heavy atom. The molecule has 0 bridgehead atoms. The van der Waals surface area contributed by atoms with Crippen molar-refractivity contribution in [1.82, 2.24) is 9.55 Å². The fourth-order valence-electron chi connectivity index (χ4n) is 1.87. The third-order valence-electron chi connectivity index (χ3n) is 2.75. The molecule has 0 unspecified atom stereocenters. The quantitative estimate of drug-likeness (QED) is 0.692. The molecule has 88 valence electrons. The van der Waals surface area contributed by atoms with Gasteiger partial charge in [0.25, 0.3) is 5.56 Å². The second-order valence-corrected chi connectivity index (χ2v) is 4.83. The average Bonchev–Trinajstić information content (AvgIpc) is 2.41. The molecule has 0 aliphatic heterocycles. The summed E-state index contributed by atoms with van der Waals surface area (Å²) < 4.78 is 2.43. The van der Waals surface area contributed by atoms with Gasteiger partial charge in [-0.05, 0) is 30.3 Å². The van der Waals surface area contributed by atoms with E-state index in [0.717, 1.165) is 10.2 Å². The first-order valence-electron chi connectivity index (χ1n) is 5.48. The van der Waals surface area contributed by atoms with Gasteiger partial charge in [0.05, 0.1) is 16.6 Å². The van der Waals surface area contributed by atoms with E-state index in [0.29, 0.717) is 10.9 Å². The molecule has 0 fully saturated rings. The van der Waals surface area contributed by atoms with Gasteiger partial charge in [-0.25, -0.2) is 4.98 Å². The van der Waals surface area contributed by atoms with Crippen molar-refractivity contribution >= 4 is 26.8 Å². The van der Waals surface area contributed by atoms with Gasteiger partial charge >= 0.3 is 0 Å². The first-order chi connectivity index (χ1) is 8.75. The number of para-hydroxylation sites is 1. The molecular weight excluding hydrogens is 292 g/mol. The highest BCUT2D eigenvalue weighted by molar-refractivity contribution is 9.10. The summed E-state index contributed by atoms with van der Waals surface area (Å²) >= 11 is 3.37. The number of benzene rings is 2. The van der Waals surface area contributed by atoms with Crippen LogP contribution in [0.2, 0.25) is 0 Å². The lowest BCUT2D eigenvalue weighted by Crippen LogP contribution is -2.18. The average molecular weight is 301 g/mol. The molecule has 0 saturated carbocycles. The Morgan fingerprint density at radius 1 is 1.06 bits per heavy atom. The third-order valence-corrected chi connectivity index (χ3v) is 3.25. The molecule has 0 radical (unpaired) electrons. The molecule has 1 aromatic heterocycles. The molecule has 0 aliphatic rings.